The van der Waals surface area contributed by atoms with Crippen LogP contribution in [0.15, 0.2) is 22.0 Å². The molecule has 0 radical (unpaired) electrons. The summed E-state index contributed by atoms with van der Waals surface area (Å²) in [6, 6.07) is 3.35. The Balaban J connectivity index is 1.83. The van der Waals surface area contributed by atoms with Crippen molar-refractivity contribution < 1.29 is 14.4 Å². The number of aromatic nitrogens is 1. The number of hydrogen-bond acceptors (Lipinski definition) is 5. The third-order valence-corrected chi connectivity index (χ3v) is 4.84. The van der Waals surface area contributed by atoms with Gasteiger partial charge in [-0.15, -0.1) is 11.3 Å². The fourth-order valence-electron chi connectivity index (χ4n) is 2.35. The zero-order valence-corrected chi connectivity index (χ0v) is 14.7. The first-order valence-electron chi connectivity index (χ1n) is 7.52. The first kappa shape index (κ1) is 17.5. The minimum Gasteiger partial charge on any atom is -0.383 e. The fourth-order valence-corrected chi connectivity index (χ4v) is 3.14. The summed E-state index contributed by atoms with van der Waals surface area (Å²) < 4.78 is 5.12. The van der Waals surface area contributed by atoms with Crippen molar-refractivity contribution in [1.29, 1.82) is 0 Å². The van der Waals surface area contributed by atoms with E-state index in [4.69, 9.17) is 4.52 Å². The van der Waals surface area contributed by atoms with Gasteiger partial charge in [-0.3, -0.25) is 0 Å². The Labute approximate surface area is 139 Å². The second-order valence-electron chi connectivity index (χ2n) is 5.99. The summed E-state index contributed by atoms with van der Waals surface area (Å²) in [5, 5.41) is 21.8. The van der Waals surface area contributed by atoms with Crippen LogP contribution >= 0.6 is 11.3 Å². The van der Waals surface area contributed by atoms with Crippen LogP contribution in [0, 0.1) is 13.8 Å². The lowest BCUT2D eigenvalue weighted by atomic mass is 10.1. The summed E-state index contributed by atoms with van der Waals surface area (Å²) in [6.45, 7) is 7.50. The maximum atomic E-state index is 12.0. The molecule has 0 aliphatic carbocycles. The normalized spacial score (nSPS) is 15.0. The van der Waals surface area contributed by atoms with Crippen molar-refractivity contribution in [1.82, 2.24) is 15.8 Å². The van der Waals surface area contributed by atoms with Crippen LogP contribution in [0.1, 0.15) is 35.7 Å². The lowest BCUT2D eigenvalue weighted by Crippen LogP contribution is -2.46. The van der Waals surface area contributed by atoms with Gasteiger partial charge in [0.1, 0.15) is 11.4 Å². The Morgan fingerprint density at radius 1 is 1.52 bits per heavy atom. The van der Waals surface area contributed by atoms with Crippen LogP contribution in [-0.2, 0) is 12.0 Å². The summed E-state index contributed by atoms with van der Waals surface area (Å²) in [6.07, 6.45) is 0.649. The van der Waals surface area contributed by atoms with E-state index in [0.717, 1.165) is 21.9 Å². The molecular formula is C16H23N3O3S. The van der Waals surface area contributed by atoms with Crippen LogP contribution in [0.3, 0.4) is 0 Å². The molecule has 0 spiro atoms. The molecule has 0 aliphatic rings. The average molecular weight is 337 g/mol. The topological polar surface area (TPSA) is 87.4 Å². The number of carbonyl (C=O) groups is 1. The Hall–Kier alpha value is -1.86. The van der Waals surface area contributed by atoms with Gasteiger partial charge in [0.15, 0.2) is 0 Å². The molecule has 2 heterocycles. The lowest BCUT2D eigenvalue weighted by Gasteiger charge is -2.23. The van der Waals surface area contributed by atoms with E-state index < -0.39 is 5.60 Å². The molecule has 3 N–H and O–H groups in total. The minimum absolute atomic E-state index is 0.0708. The van der Waals surface area contributed by atoms with Crippen LogP contribution < -0.4 is 10.6 Å². The first-order valence-corrected chi connectivity index (χ1v) is 8.40. The molecule has 6 nitrogen and oxygen atoms in total. The Bertz CT molecular complexity index is 630. The fraction of sp³-hybridized carbons (Fsp3) is 0.500. The highest BCUT2D eigenvalue weighted by atomic mass is 32.1. The van der Waals surface area contributed by atoms with E-state index in [1.54, 1.807) is 6.92 Å². The van der Waals surface area contributed by atoms with Gasteiger partial charge in [-0.05, 0) is 45.6 Å². The van der Waals surface area contributed by atoms with Crippen LogP contribution in [0.2, 0.25) is 0 Å². The van der Waals surface area contributed by atoms with Gasteiger partial charge in [0.25, 0.3) is 0 Å². The van der Waals surface area contributed by atoms with E-state index in [0.29, 0.717) is 6.42 Å². The second kappa shape index (κ2) is 7.14. The molecule has 126 valence electrons. The summed E-state index contributed by atoms with van der Waals surface area (Å²) in [5.41, 5.74) is 0.789. The molecule has 7 heteroatoms. The van der Waals surface area contributed by atoms with E-state index in [2.05, 4.69) is 15.8 Å². The number of nitrogens with one attached hydrogen (secondary N) is 2. The average Bonchev–Trinajstić information content (AvgIpc) is 3.11. The monoisotopic (exact) mass is 337 g/mol. The predicted molar refractivity (Wildman–Crippen MR) is 89.6 cm³/mol. The van der Waals surface area contributed by atoms with Gasteiger partial charge in [-0.25, -0.2) is 4.79 Å². The highest BCUT2D eigenvalue weighted by Gasteiger charge is 2.25. The van der Waals surface area contributed by atoms with Gasteiger partial charge in [-0.1, -0.05) is 11.2 Å². The molecule has 0 aromatic carbocycles. The Morgan fingerprint density at radius 2 is 2.26 bits per heavy atom. The summed E-state index contributed by atoms with van der Waals surface area (Å²) in [7, 11) is 0. The minimum atomic E-state index is -1.07. The summed E-state index contributed by atoms with van der Waals surface area (Å²) >= 11 is 1.46. The predicted octanol–water partition coefficient (Wildman–Crippen LogP) is 2.49. The maximum absolute atomic E-state index is 12.0. The molecule has 2 amide bonds. The number of aryl methyl sites for hydroxylation is 2. The van der Waals surface area contributed by atoms with E-state index >= 15 is 0 Å². The Kier molecular flexibility index (Phi) is 5.43. The standard InChI is InChI=1S/C16H23N3O3S/c1-10(8-13-11(2)19-22-12(13)3)18-15(20)17-9-16(4,21)14-6-5-7-23-14/h5-7,10,21H,8-9H2,1-4H3,(H2,17,18,20). The highest BCUT2D eigenvalue weighted by molar-refractivity contribution is 7.10. The van der Waals surface area contributed by atoms with Crippen molar-refractivity contribution in [3.63, 3.8) is 0 Å². The SMILES string of the molecule is Cc1noc(C)c1CC(C)NC(=O)NCC(C)(O)c1cccs1. The van der Waals surface area contributed by atoms with Crippen molar-refractivity contribution in [2.45, 2.75) is 45.8 Å². The molecule has 2 rings (SSSR count). The van der Waals surface area contributed by atoms with Gasteiger partial charge >= 0.3 is 6.03 Å². The summed E-state index contributed by atoms with van der Waals surface area (Å²) in [5.74, 6) is 0.775. The molecule has 0 bridgehead atoms. The van der Waals surface area contributed by atoms with Gasteiger partial charge in [0.05, 0.1) is 12.2 Å². The zero-order valence-electron chi connectivity index (χ0n) is 13.8. The second-order valence-corrected chi connectivity index (χ2v) is 6.93. The van der Waals surface area contributed by atoms with E-state index in [1.807, 2.05) is 38.3 Å². The van der Waals surface area contributed by atoms with E-state index in [1.165, 1.54) is 11.3 Å². The number of hydrogen-bond donors (Lipinski definition) is 3. The number of carbonyl (C=O) groups excluding carboxylic acids is 1. The van der Waals surface area contributed by atoms with Crippen molar-refractivity contribution in [3.05, 3.63) is 39.4 Å². The lowest BCUT2D eigenvalue weighted by molar-refractivity contribution is 0.0630. The van der Waals surface area contributed by atoms with Gasteiger partial charge in [0, 0.05) is 16.5 Å². The van der Waals surface area contributed by atoms with E-state index in [9.17, 15) is 9.90 Å². The number of aliphatic hydroxyl groups is 1. The third-order valence-electron chi connectivity index (χ3n) is 3.71. The van der Waals surface area contributed by atoms with Gasteiger partial charge < -0.3 is 20.3 Å². The van der Waals surface area contributed by atoms with Gasteiger partial charge in [-0.2, -0.15) is 0 Å². The summed E-state index contributed by atoms with van der Waals surface area (Å²) in [4.78, 5) is 12.8. The van der Waals surface area contributed by atoms with Crippen LogP contribution in [0.25, 0.3) is 0 Å². The molecule has 0 saturated carbocycles. The number of nitrogens with zero attached hydrogens (tertiary/aromatic N) is 1. The Morgan fingerprint density at radius 3 is 2.83 bits per heavy atom. The smallest absolute Gasteiger partial charge is 0.315 e. The number of amides is 2. The highest BCUT2D eigenvalue weighted by Crippen LogP contribution is 2.24. The van der Waals surface area contributed by atoms with Crippen molar-refractivity contribution >= 4 is 17.4 Å². The molecule has 0 fully saturated rings. The maximum Gasteiger partial charge on any atom is 0.315 e. The van der Waals surface area contributed by atoms with E-state index in [-0.39, 0.29) is 18.6 Å². The molecule has 2 atom stereocenters. The van der Waals surface area contributed by atoms with Crippen LogP contribution in [-0.4, -0.2) is 28.9 Å². The molecule has 23 heavy (non-hydrogen) atoms. The molecule has 2 aromatic heterocycles. The molecular weight excluding hydrogens is 314 g/mol. The third kappa shape index (κ3) is 4.56. The van der Waals surface area contributed by atoms with Crippen LogP contribution in [0.5, 0.6) is 0 Å². The van der Waals surface area contributed by atoms with Gasteiger partial charge in [0.2, 0.25) is 0 Å². The van der Waals surface area contributed by atoms with Crippen LogP contribution in [0.4, 0.5) is 4.79 Å². The molecule has 2 aromatic rings. The van der Waals surface area contributed by atoms with Crippen molar-refractivity contribution in [2.24, 2.45) is 0 Å². The molecule has 0 aliphatic heterocycles. The largest absolute Gasteiger partial charge is 0.383 e. The molecule has 2 unspecified atom stereocenters. The quantitative estimate of drug-likeness (QED) is 0.756. The number of urea groups is 1. The van der Waals surface area contributed by atoms with Crippen molar-refractivity contribution in [2.75, 3.05) is 6.54 Å². The zero-order chi connectivity index (χ0) is 17.0. The number of rotatable bonds is 6. The molecule has 0 saturated heterocycles. The first-order chi connectivity index (χ1) is 10.8. The van der Waals surface area contributed by atoms with Crippen molar-refractivity contribution in [3.8, 4) is 0 Å². The number of thiophene rings is 1.